The van der Waals surface area contributed by atoms with Gasteiger partial charge in [-0.1, -0.05) is 26.7 Å². The Kier molecular flexibility index (Phi) is 20.4. The summed E-state index contributed by atoms with van der Waals surface area (Å²) in [5, 5.41) is 0. The molecule has 0 unspecified atom stereocenters. The van der Waals surface area contributed by atoms with Gasteiger partial charge in [0.1, 0.15) is 0 Å². The summed E-state index contributed by atoms with van der Waals surface area (Å²) in [4.78, 5) is 0. The van der Waals surface area contributed by atoms with Crippen LogP contribution in [0, 0.1) is 25.7 Å². The fourth-order valence-corrected chi connectivity index (χ4v) is 2.71. The Bertz CT molecular complexity index is 92.7. The zero-order valence-electron chi connectivity index (χ0n) is 8.21. The van der Waals surface area contributed by atoms with Crippen molar-refractivity contribution in [1.82, 2.24) is 0 Å². The van der Waals surface area contributed by atoms with Crippen LogP contribution in [0.2, 0.25) is 0 Å². The van der Waals surface area contributed by atoms with E-state index < -0.39 is 0 Å². The predicted molar refractivity (Wildman–Crippen MR) is 75.0 cm³/mol. The average Bonchev–Trinajstić information content (AvgIpc) is 1.83. The fourth-order valence-electron chi connectivity index (χ4n) is 0.902. The molecule has 0 aliphatic carbocycles. The first-order valence-electron chi connectivity index (χ1n) is 4.60. The summed E-state index contributed by atoms with van der Waals surface area (Å²) in [6, 6.07) is 0. The summed E-state index contributed by atoms with van der Waals surface area (Å²) >= 11 is 4.06. The van der Waals surface area contributed by atoms with E-state index in [1.165, 1.54) is 23.0 Å². The normalized spacial score (nSPS) is 18.8. The van der Waals surface area contributed by atoms with Crippen LogP contribution in [0.1, 0.15) is 27.7 Å². The maximum absolute atomic E-state index is 3.79. The molecule has 0 amide bonds. The van der Waals surface area contributed by atoms with E-state index in [2.05, 4.69) is 13.8 Å². The van der Waals surface area contributed by atoms with E-state index in [4.69, 9.17) is 0 Å². The Morgan fingerprint density at radius 2 is 1.07 bits per heavy atom. The minimum absolute atomic E-state index is 0. The van der Waals surface area contributed by atoms with Crippen molar-refractivity contribution in [2.45, 2.75) is 27.7 Å². The van der Waals surface area contributed by atoms with Crippen LogP contribution in [0.5, 0.6) is 0 Å². The van der Waals surface area contributed by atoms with Gasteiger partial charge in [0.15, 0.2) is 0 Å². The van der Waals surface area contributed by atoms with Crippen molar-refractivity contribution in [3.63, 3.8) is 0 Å². The Morgan fingerprint density at radius 3 is 1.07 bits per heavy atom. The van der Waals surface area contributed by atoms with E-state index in [0.717, 1.165) is 24.7 Å². The van der Waals surface area contributed by atoms with Crippen LogP contribution in [0.4, 0.5) is 0 Å². The van der Waals surface area contributed by atoms with Gasteiger partial charge in [0.25, 0.3) is 0 Å². The van der Waals surface area contributed by atoms with Crippen LogP contribution in [0.25, 0.3) is 0 Å². The van der Waals surface area contributed by atoms with Gasteiger partial charge in [0.05, 0.1) is 0 Å². The molecule has 0 aromatic heterocycles. The molecule has 0 atom stereocenters. The second kappa shape index (κ2) is 13.9. The molecule has 0 nitrogen and oxygen atoms in total. The van der Waals surface area contributed by atoms with Crippen LogP contribution in [-0.2, 0) is 32.7 Å². The van der Waals surface area contributed by atoms with Crippen LogP contribution in [0.15, 0.2) is 0 Å². The summed E-state index contributed by atoms with van der Waals surface area (Å²) in [5.74, 6) is 7.39. The van der Waals surface area contributed by atoms with E-state index in [-0.39, 0.29) is 47.6 Å². The maximum Gasteiger partial charge on any atom is 0 e. The summed E-state index contributed by atoms with van der Waals surface area (Å²) in [5.41, 5.74) is 0. The fraction of sp³-hybridized carbons (Fsp3) is 0.833. The second-order valence-electron chi connectivity index (χ2n) is 3.38. The van der Waals surface area contributed by atoms with Gasteiger partial charge in [-0.2, -0.15) is 36.4 Å². The first kappa shape index (κ1) is 22.0. The van der Waals surface area contributed by atoms with Crippen molar-refractivity contribution in [3.05, 3.63) is 13.8 Å². The van der Waals surface area contributed by atoms with Crippen molar-refractivity contribution in [2.24, 2.45) is 11.8 Å². The standard InChI is InChI=1S/2C5H9S.2CH4.Y/c2*1-2-5-3-6-4-5;;;/h2*5H,1-4H2;2*1H4;/q2*-1;;;. The molecule has 0 N–H and O–H groups in total. The van der Waals surface area contributed by atoms with Gasteiger partial charge < -0.3 is 13.8 Å². The molecule has 1 radical (unpaired) electrons. The molecule has 2 saturated heterocycles. The summed E-state index contributed by atoms with van der Waals surface area (Å²) in [7, 11) is 0. The Balaban J connectivity index is -0.000000160. The van der Waals surface area contributed by atoms with E-state index in [0.29, 0.717) is 0 Å². The molecule has 0 aromatic rings. The third-order valence-electron chi connectivity index (χ3n) is 2.23. The van der Waals surface area contributed by atoms with Crippen molar-refractivity contribution in [1.29, 1.82) is 0 Å². The molecule has 2 aliphatic rings. The van der Waals surface area contributed by atoms with Crippen molar-refractivity contribution in [2.75, 3.05) is 23.0 Å². The third-order valence-corrected chi connectivity index (χ3v) is 5.06. The topological polar surface area (TPSA) is 0 Å². The van der Waals surface area contributed by atoms with Crippen LogP contribution in [0.3, 0.4) is 0 Å². The Hall–Kier alpha value is 1.80. The molecule has 2 rings (SSSR count). The quantitative estimate of drug-likeness (QED) is 0.690. The Labute approximate surface area is 131 Å². The SMILES string of the molecule is C.C.[CH2-]CC1CSC1.[CH2-]CC1CSC1.[Y]. The first-order chi connectivity index (χ1) is 5.86. The molecule has 0 bridgehead atoms. The molecular weight excluding hydrogens is 297 g/mol. The molecule has 2 aliphatic heterocycles. The van der Waals surface area contributed by atoms with E-state index >= 15 is 0 Å². The molecule has 0 spiro atoms. The second-order valence-corrected chi connectivity index (χ2v) is 5.53. The monoisotopic (exact) mass is 323 g/mol. The van der Waals surface area contributed by atoms with Crippen molar-refractivity contribution in [3.8, 4) is 0 Å². The first-order valence-corrected chi connectivity index (χ1v) is 6.91. The van der Waals surface area contributed by atoms with Gasteiger partial charge in [-0.3, -0.25) is 0 Å². The van der Waals surface area contributed by atoms with Crippen molar-refractivity contribution >= 4 is 23.5 Å². The molecule has 0 aromatic carbocycles. The van der Waals surface area contributed by atoms with Gasteiger partial charge in [0.2, 0.25) is 0 Å². The van der Waals surface area contributed by atoms with Crippen LogP contribution < -0.4 is 0 Å². The molecule has 3 heteroatoms. The Morgan fingerprint density at radius 1 is 0.800 bits per heavy atom. The van der Waals surface area contributed by atoms with E-state index in [9.17, 15) is 0 Å². The smallest absolute Gasteiger partial charge is 0 e. The predicted octanol–water partition coefficient (Wildman–Crippen LogP) is 4.42. The number of hydrogen-bond donors (Lipinski definition) is 0. The van der Waals surface area contributed by atoms with Crippen LogP contribution in [-0.4, -0.2) is 23.0 Å². The van der Waals surface area contributed by atoms with Gasteiger partial charge in [-0.15, -0.1) is 0 Å². The van der Waals surface area contributed by atoms with E-state index in [1.54, 1.807) is 0 Å². The molecule has 2 heterocycles. The third kappa shape index (κ3) is 9.50. The number of rotatable bonds is 2. The number of hydrogen-bond acceptors (Lipinski definition) is 2. The van der Waals surface area contributed by atoms with Crippen LogP contribution >= 0.6 is 23.5 Å². The average molecular weight is 323 g/mol. The maximum atomic E-state index is 3.79. The zero-order valence-corrected chi connectivity index (χ0v) is 12.7. The summed E-state index contributed by atoms with van der Waals surface area (Å²) in [6.07, 6.45) is 2.29. The molecular formula is C12H26S2Y-2. The molecule has 2 fully saturated rings. The molecule has 91 valence electrons. The summed E-state index contributed by atoms with van der Waals surface area (Å²) < 4.78 is 0. The van der Waals surface area contributed by atoms with Gasteiger partial charge in [-0.25, -0.2) is 0 Å². The zero-order chi connectivity index (χ0) is 8.81. The minimum Gasteiger partial charge on any atom is -0.343 e. The molecule has 0 saturated carbocycles. The van der Waals surface area contributed by atoms with Gasteiger partial charge >= 0.3 is 0 Å². The minimum atomic E-state index is 0. The van der Waals surface area contributed by atoms with Crippen molar-refractivity contribution < 1.29 is 32.7 Å². The van der Waals surface area contributed by atoms with Gasteiger partial charge in [0, 0.05) is 32.7 Å². The molecule has 15 heavy (non-hydrogen) atoms. The number of thioether (sulfide) groups is 2. The van der Waals surface area contributed by atoms with Gasteiger partial charge in [-0.05, 0) is 23.0 Å². The largest absolute Gasteiger partial charge is 0.343 e. The van der Waals surface area contributed by atoms with E-state index in [1.807, 2.05) is 23.5 Å². The summed E-state index contributed by atoms with van der Waals surface area (Å²) in [6.45, 7) is 7.59.